The summed E-state index contributed by atoms with van der Waals surface area (Å²) in [5, 5.41) is 0. The molecule has 1 saturated heterocycles. The van der Waals surface area contributed by atoms with Crippen LogP contribution < -0.4 is 10.9 Å². The standard InChI is InChI=1S/C19H28N4O2/c1-22(11-9-15-12-20-21-13-15)18(24)8-4-5-10-23-14-16-6-2-3-7-17(16)19(23)25/h2-3,6-7,15,20-21H,4-5,8-14H2,1H3. The molecule has 0 aromatic heterocycles. The Kier molecular flexibility index (Phi) is 6.04. The molecule has 1 fully saturated rings. The van der Waals surface area contributed by atoms with Crippen molar-refractivity contribution in [1.82, 2.24) is 20.7 Å². The minimum Gasteiger partial charge on any atom is -0.346 e. The molecule has 6 nitrogen and oxygen atoms in total. The maximum Gasteiger partial charge on any atom is 0.254 e. The molecule has 0 unspecified atom stereocenters. The lowest BCUT2D eigenvalue weighted by Gasteiger charge is -2.19. The van der Waals surface area contributed by atoms with Crippen molar-refractivity contribution in [3.63, 3.8) is 0 Å². The third-order valence-corrected chi connectivity index (χ3v) is 5.17. The summed E-state index contributed by atoms with van der Waals surface area (Å²) in [7, 11) is 1.89. The van der Waals surface area contributed by atoms with Gasteiger partial charge in [-0.3, -0.25) is 20.4 Å². The molecule has 2 aliphatic rings. The molecular weight excluding hydrogens is 316 g/mol. The van der Waals surface area contributed by atoms with Crippen LogP contribution in [0, 0.1) is 5.92 Å². The van der Waals surface area contributed by atoms with Gasteiger partial charge in [0.15, 0.2) is 0 Å². The number of benzene rings is 1. The van der Waals surface area contributed by atoms with Gasteiger partial charge in [0.1, 0.15) is 0 Å². The third-order valence-electron chi connectivity index (χ3n) is 5.17. The van der Waals surface area contributed by atoms with Gasteiger partial charge in [-0.15, -0.1) is 0 Å². The van der Waals surface area contributed by atoms with Crippen LogP contribution in [0.3, 0.4) is 0 Å². The lowest BCUT2D eigenvalue weighted by molar-refractivity contribution is -0.130. The maximum absolute atomic E-state index is 12.3. The number of carbonyl (C=O) groups is 2. The predicted molar refractivity (Wildman–Crippen MR) is 96.8 cm³/mol. The van der Waals surface area contributed by atoms with Crippen LogP contribution in [-0.4, -0.2) is 54.8 Å². The summed E-state index contributed by atoms with van der Waals surface area (Å²) in [5.74, 6) is 0.936. The minimum absolute atomic E-state index is 0.123. The Hall–Kier alpha value is -1.92. The zero-order valence-corrected chi connectivity index (χ0v) is 15.0. The van der Waals surface area contributed by atoms with E-state index in [1.807, 2.05) is 41.1 Å². The predicted octanol–water partition coefficient (Wildman–Crippen LogP) is 1.39. The van der Waals surface area contributed by atoms with Crippen molar-refractivity contribution in [2.24, 2.45) is 5.92 Å². The van der Waals surface area contributed by atoms with E-state index >= 15 is 0 Å². The van der Waals surface area contributed by atoms with Gasteiger partial charge in [0.2, 0.25) is 5.91 Å². The second-order valence-corrected chi connectivity index (χ2v) is 7.07. The summed E-state index contributed by atoms with van der Waals surface area (Å²) in [6, 6.07) is 7.79. The fourth-order valence-corrected chi connectivity index (χ4v) is 3.48. The topological polar surface area (TPSA) is 64.7 Å². The van der Waals surface area contributed by atoms with Crippen LogP contribution in [0.2, 0.25) is 0 Å². The molecule has 3 rings (SSSR count). The molecule has 0 bridgehead atoms. The first-order valence-corrected chi connectivity index (χ1v) is 9.22. The van der Waals surface area contributed by atoms with E-state index < -0.39 is 0 Å². The van der Waals surface area contributed by atoms with E-state index in [0.29, 0.717) is 18.9 Å². The van der Waals surface area contributed by atoms with E-state index in [0.717, 1.165) is 56.6 Å². The number of hydrazine groups is 1. The highest BCUT2D eigenvalue weighted by Gasteiger charge is 2.26. The summed E-state index contributed by atoms with van der Waals surface area (Å²) in [6.45, 7) is 4.20. The van der Waals surface area contributed by atoms with Crippen LogP contribution >= 0.6 is 0 Å². The quantitative estimate of drug-likeness (QED) is 0.700. The first-order valence-electron chi connectivity index (χ1n) is 9.22. The number of rotatable bonds is 8. The summed E-state index contributed by atoms with van der Waals surface area (Å²) in [4.78, 5) is 28.2. The number of unbranched alkanes of at least 4 members (excludes halogenated alkanes) is 1. The van der Waals surface area contributed by atoms with Crippen LogP contribution in [-0.2, 0) is 11.3 Å². The average molecular weight is 344 g/mol. The number of hydrogen-bond acceptors (Lipinski definition) is 4. The van der Waals surface area contributed by atoms with E-state index in [2.05, 4.69) is 10.9 Å². The number of carbonyl (C=O) groups excluding carboxylic acids is 2. The Labute approximate surface area is 149 Å². The van der Waals surface area contributed by atoms with Crippen LogP contribution in [0.15, 0.2) is 24.3 Å². The maximum atomic E-state index is 12.3. The van der Waals surface area contributed by atoms with E-state index in [1.54, 1.807) is 0 Å². The van der Waals surface area contributed by atoms with Crippen LogP contribution in [0.1, 0.15) is 41.6 Å². The Morgan fingerprint density at radius 1 is 1.24 bits per heavy atom. The molecule has 2 aliphatic heterocycles. The number of nitrogens with one attached hydrogen (secondary N) is 2. The third kappa shape index (κ3) is 4.58. The Balaban J connectivity index is 1.32. The normalized spacial score (nSPS) is 17.2. The van der Waals surface area contributed by atoms with Gasteiger partial charge in [0.25, 0.3) is 5.91 Å². The molecule has 2 N–H and O–H groups in total. The van der Waals surface area contributed by atoms with E-state index in [9.17, 15) is 9.59 Å². The average Bonchev–Trinajstić information content (AvgIpc) is 3.25. The largest absolute Gasteiger partial charge is 0.346 e. The highest BCUT2D eigenvalue weighted by Crippen LogP contribution is 2.22. The highest BCUT2D eigenvalue weighted by molar-refractivity contribution is 5.98. The van der Waals surface area contributed by atoms with Gasteiger partial charge in [-0.2, -0.15) is 0 Å². The van der Waals surface area contributed by atoms with Gasteiger partial charge in [-0.25, -0.2) is 0 Å². The van der Waals surface area contributed by atoms with Crippen molar-refractivity contribution in [3.05, 3.63) is 35.4 Å². The van der Waals surface area contributed by atoms with Crippen molar-refractivity contribution in [1.29, 1.82) is 0 Å². The molecule has 2 heterocycles. The highest BCUT2D eigenvalue weighted by atomic mass is 16.2. The van der Waals surface area contributed by atoms with Gasteiger partial charge < -0.3 is 9.80 Å². The fraction of sp³-hybridized carbons (Fsp3) is 0.579. The first kappa shape index (κ1) is 17.9. The van der Waals surface area contributed by atoms with Crippen molar-refractivity contribution in [2.45, 2.75) is 32.2 Å². The van der Waals surface area contributed by atoms with Crippen molar-refractivity contribution < 1.29 is 9.59 Å². The molecule has 0 radical (unpaired) electrons. The van der Waals surface area contributed by atoms with Gasteiger partial charge in [0.05, 0.1) is 0 Å². The van der Waals surface area contributed by atoms with Crippen LogP contribution in [0.25, 0.3) is 0 Å². The van der Waals surface area contributed by atoms with Crippen molar-refractivity contribution >= 4 is 11.8 Å². The van der Waals surface area contributed by atoms with Crippen molar-refractivity contribution in [3.8, 4) is 0 Å². The Morgan fingerprint density at radius 3 is 2.76 bits per heavy atom. The summed E-state index contributed by atoms with van der Waals surface area (Å²) in [6.07, 6.45) is 3.29. The monoisotopic (exact) mass is 344 g/mol. The van der Waals surface area contributed by atoms with E-state index in [-0.39, 0.29) is 11.8 Å². The lowest BCUT2D eigenvalue weighted by Crippen LogP contribution is -2.30. The van der Waals surface area contributed by atoms with Crippen LogP contribution in [0.4, 0.5) is 0 Å². The molecule has 0 spiro atoms. The summed E-state index contributed by atoms with van der Waals surface area (Å²) in [5.41, 5.74) is 8.18. The zero-order chi connectivity index (χ0) is 17.6. The Bertz CT molecular complexity index is 613. The van der Waals surface area contributed by atoms with Gasteiger partial charge in [-0.05, 0) is 36.8 Å². The molecule has 1 aromatic carbocycles. The fourth-order valence-electron chi connectivity index (χ4n) is 3.48. The second-order valence-electron chi connectivity index (χ2n) is 7.07. The number of amides is 2. The van der Waals surface area contributed by atoms with E-state index in [1.165, 1.54) is 0 Å². The van der Waals surface area contributed by atoms with Gasteiger partial charge >= 0.3 is 0 Å². The first-order chi connectivity index (χ1) is 12.1. The smallest absolute Gasteiger partial charge is 0.254 e. The molecule has 1 aromatic rings. The molecule has 6 heteroatoms. The molecule has 2 amide bonds. The van der Waals surface area contributed by atoms with Gasteiger partial charge in [0, 0.05) is 51.8 Å². The second kappa shape index (κ2) is 8.45. The lowest BCUT2D eigenvalue weighted by atomic mass is 10.1. The van der Waals surface area contributed by atoms with E-state index in [4.69, 9.17) is 0 Å². The number of hydrogen-bond donors (Lipinski definition) is 2. The molecule has 25 heavy (non-hydrogen) atoms. The van der Waals surface area contributed by atoms with Crippen LogP contribution in [0.5, 0.6) is 0 Å². The molecule has 136 valence electrons. The molecule has 0 saturated carbocycles. The van der Waals surface area contributed by atoms with Crippen molar-refractivity contribution in [2.75, 3.05) is 33.2 Å². The zero-order valence-electron chi connectivity index (χ0n) is 15.0. The molecule has 0 atom stereocenters. The SMILES string of the molecule is CN(CCC1CNNC1)C(=O)CCCCN1Cc2ccccc2C1=O. The molecular formula is C19H28N4O2. The summed E-state index contributed by atoms with van der Waals surface area (Å²) < 4.78 is 0. The molecule has 0 aliphatic carbocycles. The summed E-state index contributed by atoms with van der Waals surface area (Å²) >= 11 is 0. The number of fused-ring (bicyclic) bond motifs is 1. The van der Waals surface area contributed by atoms with Gasteiger partial charge in [-0.1, -0.05) is 18.2 Å². The Morgan fingerprint density at radius 2 is 2.00 bits per heavy atom. The minimum atomic E-state index is 0.123. The number of nitrogens with zero attached hydrogens (tertiary/aromatic N) is 2.